The Morgan fingerprint density at radius 1 is 1.45 bits per heavy atom. The van der Waals surface area contributed by atoms with Crippen LogP contribution < -0.4 is 5.32 Å². The highest BCUT2D eigenvalue weighted by atomic mass is 35.5. The van der Waals surface area contributed by atoms with Crippen LogP contribution in [0.25, 0.3) is 0 Å². The molecule has 1 saturated heterocycles. The molecule has 0 saturated carbocycles. The molecule has 1 amide bonds. The molecule has 2 aliphatic heterocycles. The number of ether oxygens (including phenoxy) is 1. The fraction of sp³-hybridized carbons (Fsp3) is 0.467. The molecular formula is C15H16ClNO3. The second kappa shape index (κ2) is 4.86. The van der Waals surface area contributed by atoms with E-state index in [-0.39, 0.29) is 24.2 Å². The molecule has 1 aromatic rings. The van der Waals surface area contributed by atoms with E-state index in [0.29, 0.717) is 17.1 Å². The van der Waals surface area contributed by atoms with Gasteiger partial charge in [0.05, 0.1) is 6.10 Å². The number of hydrogen-bond donors (Lipinski definition) is 1. The summed E-state index contributed by atoms with van der Waals surface area (Å²) < 4.78 is 6.05. The highest BCUT2D eigenvalue weighted by Crippen LogP contribution is 2.46. The molecule has 1 N–H and O–H groups in total. The molecule has 0 unspecified atom stereocenters. The number of halogens is 1. The Balaban J connectivity index is 2.03. The van der Waals surface area contributed by atoms with Crippen LogP contribution in [-0.2, 0) is 19.9 Å². The van der Waals surface area contributed by atoms with E-state index >= 15 is 0 Å². The second-order valence-electron chi connectivity index (χ2n) is 5.42. The fourth-order valence-corrected chi connectivity index (χ4v) is 3.24. The summed E-state index contributed by atoms with van der Waals surface area (Å²) in [5, 5.41) is 3.33. The van der Waals surface area contributed by atoms with E-state index in [4.69, 9.17) is 16.3 Å². The van der Waals surface area contributed by atoms with Gasteiger partial charge in [-0.2, -0.15) is 0 Å². The quantitative estimate of drug-likeness (QED) is 0.912. The Morgan fingerprint density at radius 2 is 2.25 bits per heavy atom. The van der Waals surface area contributed by atoms with E-state index in [1.165, 1.54) is 0 Å². The Hall–Kier alpha value is -1.39. The lowest BCUT2D eigenvalue weighted by atomic mass is 9.84. The van der Waals surface area contributed by atoms with E-state index in [1.807, 2.05) is 6.92 Å². The number of Topliss-reactive ketones (excluding diaryl/α,β-unsaturated/α-hetero) is 1. The van der Waals surface area contributed by atoms with Crippen molar-refractivity contribution >= 4 is 29.0 Å². The average Bonchev–Trinajstić information content (AvgIpc) is 2.61. The molecule has 4 nitrogen and oxygen atoms in total. The summed E-state index contributed by atoms with van der Waals surface area (Å²) >= 11 is 5.95. The largest absolute Gasteiger partial charge is 0.356 e. The molecule has 0 bridgehead atoms. The highest BCUT2D eigenvalue weighted by molar-refractivity contribution is 6.31. The first kappa shape index (κ1) is 13.6. The molecule has 3 rings (SSSR count). The number of carbonyl (C=O) groups excluding carboxylic acids is 2. The van der Waals surface area contributed by atoms with Crippen molar-refractivity contribution in [1.82, 2.24) is 0 Å². The van der Waals surface area contributed by atoms with Crippen LogP contribution in [0.3, 0.4) is 0 Å². The minimum absolute atomic E-state index is 0.0765. The number of anilines is 1. The Labute approximate surface area is 122 Å². The number of benzene rings is 1. The van der Waals surface area contributed by atoms with E-state index in [9.17, 15) is 9.59 Å². The van der Waals surface area contributed by atoms with Crippen LogP contribution in [0.5, 0.6) is 0 Å². The molecule has 2 aliphatic rings. The minimum Gasteiger partial charge on any atom is -0.356 e. The van der Waals surface area contributed by atoms with Crippen LogP contribution in [0, 0.1) is 0 Å². The Bertz CT molecular complexity index is 586. The van der Waals surface area contributed by atoms with Crippen LogP contribution in [-0.4, -0.2) is 17.8 Å². The topological polar surface area (TPSA) is 55.4 Å². The Kier molecular flexibility index (Phi) is 3.30. The number of amides is 1. The van der Waals surface area contributed by atoms with Gasteiger partial charge in [0, 0.05) is 29.1 Å². The predicted molar refractivity (Wildman–Crippen MR) is 75.8 cm³/mol. The molecule has 0 radical (unpaired) electrons. The summed E-state index contributed by atoms with van der Waals surface area (Å²) in [4.78, 5) is 24.4. The molecule has 0 aromatic heterocycles. The lowest BCUT2D eigenvalue weighted by molar-refractivity contribution is -0.170. The number of hydrogen-bond acceptors (Lipinski definition) is 3. The van der Waals surface area contributed by atoms with Crippen LogP contribution in [0.1, 0.15) is 38.2 Å². The fourth-order valence-electron chi connectivity index (χ4n) is 3.06. The molecule has 2 heterocycles. The third-order valence-corrected chi connectivity index (χ3v) is 4.15. The molecule has 20 heavy (non-hydrogen) atoms. The van der Waals surface area contributed by atoms with Crippen molar-refractivity contribution in [3.63, 3.8) is 0 Å². The Morgan fingerprint density at radius 3 is 3.00 bits per heavy atom. The van der Waals surface area contributed by atoms with Gasteiger partial charge in [0.2, 0.25) is 0 Å². The third kappa shape index (κ3) is 2.03. The highest BCUT2D eigenvalue weighted by Gasteiger charge is 2.53. The van der Waals surface area contributed by atoms with Gasteiger partial charge in [-0.15, -0.1) is 0 Å². The van der Waals surface area contributed by atoms with Gasteiger partial charge in [0.15, 0.2) is 5.60 Å². The summed E-state index contributed by atoms with van der Waals surface area (Å²) in [5.74, 6) is -0.184. The molecule has 2 atom stereocenters. The zero-order valence-corrected chi connectivity index (χ0v) is 12.0. The summed E-state index contributed by atoms with van der Waals surface area (Å²) in [7, 11) is 0. The van der Waals surface area contributed by atoms with Crippen molar-refractivity contribution in [1.29, 1.82) is 0 Å². The maximum atomic E-state index is 12.4. The molecule has 1 spiro atoms. The zero-order valence-electron chi connectivity index (χ0n) is 11.2. The van der Waals surface area contributed by atoms with Crippen LogP contribution >= 0.6 is 11.6 Å². The number of nitrogens with one attached hydrogen (secondary N) is 1. The van der Waals surface area contributed by atoms with E-state index in [1.54, 1.807) is 18.2 Å². The maximum absolute atomic E-state index is 12.4. The summed E-state index contributed by atoms with van der Waals surface area (Å²) in [6.07, 6.45) is 2.01. The maximum Gasteiger partial charge on any atom is 0.261 e. The van der Waals surface area contributed by atoms with Crippen molar-refractivity contribution in [2.45, 2.75) is 44.3 Å². The molecule has 106 valence electrons. The predicted octanol–water partition coefficient (Wildman–Crippen LogP) is 3.04. The molecular weight excluding hydrogens is 278 g/mol. The van der Waals surface area contributed by atoms with E-state index in [2.05, 4.69) is 5.32 Å². The minimum atomic E-state index is -1.16. The van der Waals surface area contributed by atoms with Crippen molar-refractivity contribution in [2.24, 2.45) is 0 Å². The van der Waals surface area contributed by atoms with Gasteiger partial charge >= 0.3 is 0 Å². The first-order valence-electron chi connectivity index (χ1n) is 6.86. The van der Waals surface area contributed by atoms with Gasteiger partial charge in [0.25, 0.3) is 5.91 Å². The van der Waals surface area contributed by atoms with Crippen LogP contribution in [0.4, 0.5) is 5.69 Å². The molecule has 1 aromatic carbocycles. The summed E-state index contributed by atoms with van der Waals surface area (Å²) in [5.41, 5.74) is 0.211. The lowest BCUT2D eigenvalue weighted by Crippen LogP contribution is -2.47. The lowest BCUT2D eigenvalue weighted by Gasteiger charge is -2.36. The van der Waals surface area contributed by atoms with Gasteiger partial charge in [-0.3, -0.25) is 9.59 Å². The second-order valence-corrected chi connectivity index (χ2v) is 5.86. The van der Waals surface area contributed by atoms with Crippen molar-refractivity contribution < 1.29 is 14.3 Å². The number of carbonyl (C=O) groups is 2. The van der Waals surface area contributed by atoms with Crippen molar-refractivity contribution in [3.8, 4) is 0 Å². The van der Waals surface area contributed by atoms with Crippen molar-refractivity contribution in [3.05, 3.63) is 28.8 Å². The normalized spacial score (nSPS) is 28.6. The number of ketones is 1. The van der Waals surface area contributed by atoms with Gasteiger partial charge < -0.3 is 10.1 Å². The van der Waals surface area contributed by atoms with Crippen LogP contribution in [0.2, 0.25) is 5.02 Å². The van der Waals surface area contributed by atoms with Gasteiger partial charge in [0.1, 0.15) is 5.78 Å². The monoisotopic (exact) mass is 293 g/mol. The molecule has 5 heteroatoms. The van der Waals surface area contributed by atoms with Crippen LogP contribution in [0.15, 0.2) is 18.2 Å². The summed E-state index contributed by atoms with van der Waals surface area (Å²) in [6, 6.07) is 5.19. The van der Waals surface area contributed by atoms with E-state index in [0.717, 1.165) is 18.4 Å². The first-order chi connectivity index (χ1) is 9.55. The van der Waals surface area contributed by atoms with Crippen molar-refractivity contribution in [2.75, 3.05) is 5.32 Å². The van der Waals surface area contributed by atoms with Gasteiger partial charge in [-0.1, -0.05) is 31.0 Å². The number of fused-ring (bicyclic) bond motifs is 2. The average molecular weight is 294 g/mol. The SMILES string of the molecule is CCC[C@H]1CC(=O)C[C@@]2(O1)C(=O)Nc1cc(Cl)ccc12. The third-order valence-electron chi connectivity index (χ3n) is 3.91. The first-order valence-corrected chi connectivity index (χ1v) is 7.24. The summed E-state index contributed by atoms with van der Waals surface area (Å²) in [6.45, 7) is 2.04. The zero-order chi connectivity index (χ0) is 14.3. The smallest absolute Gasteiger partial charge is 0.261 e. The standard InChI is InChI=1S/C15H16ClNO3/c1-2-3-11-7-10(18)8-15(20-11)12-5-4-9(16)6-13(12)17-14(15)19/h4-6,11H,2-3,7-8H2,1H3,(H,17,19)/t11-,15-/m0/s1. The molecule has 1 fully saturated rings. The molecule has 0 aliphatic carbocycles. The van der Waals surface area contributed by atoms with Gasteiger partial charge in [-0.05, 0) is 18.6 Å². The number of rotatable bonds is 2. The van der Waals surface area contributed by atoms with Gasteiger partial charge in [-0.25, -0.2) is 0 Å². The van der Waals surface area contributed by atoms with E-state index < -0.39 is 5.60 Å².